The van der Waals surface area contributed by atoms with E-state index in [9.17, 15) is 0 Å². The first-order valence-corrected chi connectivity index (χ1v) is 17.3. The van der Waals surface area contributed by atoms with Gasteiger partial charge in [-0.05, 0) is 152 Å². The molecule has 0 bridgehead atoms. The minimum atomic E-state index is 0. The zero-order valence-corrected chi connectivity index (χ0v) is 31.7. The van der Waals surface area contributed by atoms with Gasteiger partial charge < -0.3 is 14.4 Å². The lowest BCUT2D eigenvalue weighted by Gasteiger charge is -2.40. The molecule has 3 heterocycles. The molecular weight excluding hydrogens is 661 g/mol. The fraction of sp³-hybridized carbons (Fsp3) is 0.326. The monoisotopic (exact) mass is 709 g/mol. The van der Waals surface area contributed by atoms with Crippen LogP contribution in [-0.4, -0.2) is 35.8 Å². The van der Waals surface area contributed by atoms with Gasteiger partial charge in [0.15, 0.2) is 11.5 Å². The number of aryl methyl sites for hydroxylation is 4. The molecule has 1 fully saturated rings. The van der Waals surface area contributed by atoms with Gasteiger partial charge in [-0.15, -0.1) is 24.8 Å². The molecule has 7 rings (SSSR count). The van der Waals surface area contributed by atoms with Crippen molar-refractivity contribution in [2.24, 2.45) is 0 Å². The molecule has 2 aliphatic rings. The highest BCUT2D eigenvalue weighted by Crippen LogP contribution is 2.38. The molecule has 0 aliphatic carbocycles. The zero-order chi connectivity index (χ0) is 33.4. The number of anilines is 1. The zero-order valence-electron chi connectivity index (χ0n) is 30.1. The number of hydrogen-bond acceptors (Lipinski definition) is 5. The highest BCUT2D eigenvalue weighted by molar-refractivity contribution is 5.85. The van der Waals surface area contributed by atoms with Gasteiger partial charge in [0.05, 0.1) is 5.69 Å². The van der Waals surface area contributed by atoms with Crippen LogP contribution >= 0.6 is 24.8 Å². The van der Waals surface area contributed by atoms with Crippen molar-refractivity contribution in [2.45, 2.75) is 73.5 Å². The second kappa shape index (κ2) is 15.9. The Kier molecular flexibility index (Phi) is 11.8. The van der Waals surface area contributed by atoms with Crippen LogP contribution in [0.1, 0.15) is 57.3 Å². The Balaban J connectivity index is 0.00000243. The third kappa shape index (κ3) is 7.96. The maximum Gasteiger partial charge on any atom is 0.231 e. The Morgan fingerprint density at radius 1 is 0.660 bits per heavy atom. The Morgan fingerprint density at radius 2 is 1.30 bits per heavy atom. The van der Waals surface area contributed by atoms with E-state index in [2.05, 4.69) is 130 Å². The van der Waals surface area contributed by atoms with Crippen LogP contribution in [0, 0.1) is 41.5 Å². The molecule has 2 aliphatic heterocycles. The molecule has 0 unspecified atom stereocenters. The summed E-state index contributed by atoms with van der Waals surface area (Å²) in [6.07, 6.45) is 4.16. The van der Waals surface area contributed by atoms with Crippen LogP contribution in [-0.2, 0) is 13.1 Å². The summed E-state index contributed by atoms with van der Waals surface area (Å²) in [4.78, 5) is 9.93. The molecule has 50 heavy (non-hydrogen) atoms. The van der Waals surface area contributed by atoms with E-state index in [-0.39, 0.29) is 31.6 Å². The molecule has 0 amide bonds. The van der Waals surface area contributed by atoms with E-state index in [1.165, 1.54) is 66.9 Å². The molecule has 262 valence electrons. The highest BCUT2D eigenvalue weighted by Gasteiger charge is 2.27. The minimum Gasteiger partial charge on any atom is -0.454 e. The Bertz CT molecular complexity index is 1920. The first-order chi connectivity index (χ1) is 23.2. The first-order valence-electron chi connectivity index (χ1n) is 17.3. The lowest BCUT2D eigenvalue weighted by molar-refractivity contribution is 0.174. The van der Waals surface area contributed by atoms with Gasteiger partial charge in [-0.25, -0.2) is 0 Å². The van der Waals surface area contributed by atoms with Gasteiger partial charge in [-0.1, -0.05) is 30.3 Å². The predicted molar refractivity (Wildman–Crippen MR) is 212 cm³/mol. The van der Waals surface area contributed by atoms with Crippen molar-refractivity contribution < 1.29 is 9.47 Å². The van der Waals surface area contributed by atoms with Gasteiger partial charge in [0.25, 0.3) is 0 Å². The molecular formula is C43H49Cl2N3O2. The average molecular weight is 711 g/mol. The van der Waals surface area contributed by atoms with Crippen LogP contribution in [0.15, 0.2) is 85.1 Å². The van der Waals surface area contributed by atoms with Crippen LogP contribution < -0.4 is 14.4 Å². The van der Waals surface area contributed by atoms with Crippen molar-refractivity contribution in [3.63, 3.8) is 0 Å². The normalized spacial score (nSPS) is 14.2. The van der Waals surface area contributed by atoms with Crippen LogP contribution in [0.3, 0.4) is 0 Å². The molecule has 0 spiro atoms. The summed E-state index contributed by atoms with van der Waals surface area (Å²) < 4.78 is 11.5. The van der Waals surface area contributed by atoms with Crippen molar-refractivity contribution in [3.05, 3.63) is 130 Å². The molecule has 0 N–H and O–H groups in total. The smallest absolute Gasteiger partial charge is 0.231 e. The highest BCUT2D eigenvalue weighted by atomic mass is 35.5. The topological polar surface area (TPSA) is 37.8 Å². The van der Waals surface area contributed by atoms with Crippen molar-refractivity contribution in [1.29, 1.82) is 0 Å². The van der Waals surface area contributed by atoms with Gasteiger partial charge in [-0.2, -0.15) is 0 Å². The Labute approximate surface area is 310 Å². The molecule has 5 nitrogen and oxygen atoms in total. The number of piperidine rings is 1. The lowest BCUT2D eigenvalue weighted by atomic mass is 9.95. The van der Waals surface area contributed by atoms with Gasteiger partial charge in [0.2, 0.25) is 6.79 Å². The van der Waals surface area contributed by atoms with Gasteiger partial charge in [0, 0.05) is 55.7 Å². The summed E-state index contributed by atoms with van der Waals surface area (Å²) in [6.45, 7) is 17.4. The Hall–Kier alpha value is -4.03. The van der Waals surface area contributed by atoms with Crippen molar-refractivity contribution in [3.8, 4) is 33.9 Å². The van der Waals surface area contributed by atoms with E-state index >= 15 is 0 Å². The summed E-state index contributed by atoms with van der Waals surface area (Å²) in [7, 11) is 0. The Morgan fingerprint density at radius 3 is 1.98 bits per heavy atom. The fourth-order valence-corrected chi connectivity index (χ4v) is 7.30. The number of halogens is 2. The number of pyridine rings is 1. The molecule has 0 radical (unpaired) electrons. The second-order valence-corrected chi connectivity index (χ2v) is 13.9. The number of ether oxygens (including phenoxy) is 2. The largest absolute Gasteiger partial charge is 0.454 e. The molecule has 0 saturated carbocycles. The maximum atomic E-state index is 5.82. The fourth-order valence-electron chi connectivity index (χ4n) is 7.30. The maximum absolute atomic E-state index is 5.82. The van der Waals surface area contributed by atoms with E-state index in [4.69, 9.17) is 14.5 Å². The van der Waals surface area contributed by atoms with Crippen LogP contribution in [0.4, 0.5) is 5.69 Å². The molecule has 5 aromatic rings. The van der Waals surface area contributed by atoms with E-state index < -0.39 is 0 Å². The molecule has 0 atom stereocenters. The van der Waals surface area contributed by atoms with Gasteiger partial charge in [-0.3, -0.25) is 9.88 Å². The predicted octanol–water partition coefficient (Wildman–Crippen LogP) is 10.5. The van der Waals surface area contributed by atoms with E-state index in [0.717, 1.165) is 56.2 Å². The van der Waals surface area contributed by atoms with Crippen molar-refractivity contribution in [1.82, 2.24) is 9.88 Å². The van der Waals surface area contributed by atoms with Gasteiger partial charge >= 0.3 is 0 Å². The lowest BCUT2D eigenvalue weighted by Crippen LogP contribution is -2.44. The number of fused-ring (bicyclic) bond motifs is 1. The number of aromatic nitrogens is 1. The standard InChI is InChI=1S/C43H47N3O2.2ClH/c1-28-18-37(19-29(2)32(28)5)36-9-7-8-34(22-36)26-46(40-10-11-42-43(24-40)48-27-47-42)39-13-16-45(17-14-39)25-35-12-15-44-41(23-35)38-20-30(3)33(6)31(4)21-38;;/h7-12,15,18-24,39H,13-14,16-17,25-27H2,1-6H3;2*1H. The summed E-state index contributed by atoms with van der Waals surface area (Å²) >= 11 is 0. The summed E-state index contributed by atoms with van der Waals surface area (Å²) in [5.74, 6) is 1.66. The van der Waals surface area contributed by atoms with Gasteiger partial charge in [0.1, 0.15) is 0 Å². The van der Waals surface area contributed by atoms with Crippen LogP contribution in [0.2, 0.25) is 0 Å². The molecule has 4 aromatic carbocycles. The SMILES string of the molecule is Cc1cc(-c2cccc(CN(c3ccc4c(c3)OCO4)C3CCN(Cc4ccnc(-c5cc(C)c(C)c(C)c5)c4)CC3)c2)cc(C)c1C.Cl.Cl. The first kappa shape index (κ1) is 37.2. The van der Waals surface area contributed by atoms with Crippen LogP contribution in [0.25, 0.3) is 22.4 Å². The number of benzene rings is 4. The number of nitrogens with zero attached hydrogens (tertiary/aromatic N) is 3. The molecule has 1 saturated heterocycles. The van der Waals surface area contributed by atoms with E-state index in [0.29, 0.717) is 6.04 Å². The number of hydrogen-bond donors (Lipinski definition) is 0. The van der Waals surface area contributed by atoms with Crippen molar-refractivity contribution in [2.75, 3.05) is 24.8 Å². The summed E-state index contributed by atoms with van der Waals surface area (Å²) in [5.41, 5.74) is 16.7. The minimum absolute atomic E-state index is 0. The third-order valence-corrected chi connectivity index (χ3v) is 10.7. The van der Waals surface area contributed by atoms with E-state index in [1.54, 1.807) is 0 Å². The summed E-state index contributed by atoms with van der Waals surface area (Å²) in [5, 5.41) is 0. The van der Waals surface area contributed by atoms with Crippen LogP contribution in [0.5, 0.6) is 11.5 Å². The average Bonchev–Trinajstić information content (AvgIpc) is 3.57. The molecule has 7 heteroatoms. The summed E-state index contributed by atoms with van der Waals surface area (Å²) in [6, 6.07) is 29.6. The quantitative estimate of drug-likeness (QED) is 0.160. The number of rotatable bonds is 8. The number of likely N-dealkylation sites (tertiary alicyclic amines) is 1. The third-order valence-electron chi connectivity index (χ3n) is 10.7. The van der Waals surface area contributed by atoms with Crippen molar-refractivity contribution >= 4 is 30.5 Å². The molecule has 1 aromatic heterocycles. The van der Waals surface area contributed by atoms with E-state index in [1.807, 2.05) is 6.20 Å². The second-order valence-electron chi connectivity index (χ2n) is 13.9.